The molecule has 0 unspecified atom stereocenters. The smallest absolute Gasteiger partial charge is 0.355 e. The molecule has 1 atom stereocenters. The minimum Gasteiger partial charge on any atom is -0.451 e. The standard InChI is InChI=1S/C19H17FN2O3S/c1-22-10-2-4-15(22)19(24)25-12-17(23)21-18(16-5-3-11-26-16)13-6-8-14(20)9-7-13/h2-11,18H,12H2,1H3,(H,21,23)/t18-/m1/s1. The first-order valence-corrected chi connectivity index (χ1v) is 8.79. The van der Waals surface area contributed by atoms with Gasteiger partial charge in [-0.3, -0.25) is 4.79 Å². The van der Waals surface area contributed by atoms with Gasteiger partial charge in [0.1, 0.15) is 11.5 Å². The average Bonchev–Trinajstić information content (AvgIpc) is 3.30. The monoisotopic (exact) mass is 372 g/mol. The highest BCUT2D eigenvalue weighted by molar-refractivity contribution is 7.10. The molecular formula is C19H17FN2O3S. The number of hydrogen-bond acceptors (Lipinski definition) is 4. The van der Waals surface area contributed by atoms with Crippen molar-refractivity contribution in [1.29, 1.82) is 0 Å². The van der Waals surface area contributed by atoms with Crippen molar-refractivity contribution in [2.45, 2.75) is 6.04 Å². The number of esters is 1. The summed E-state index contributed by atoms with van der Waals surface area (Å²) in [6.45, 7) is -0.396. The van der Waals surface area contributed by atoms with Gasteiger partial charge < -0.3 is 14.6 Å². The lowest BCUT2D eigenvalue weighted by atomic mass is 10.1. The molecule has 1 aromatic carbocycles. The molecule has 26 heavy (non-hydrogen) atoms. The zero-order chi connectivity index (χ0) is 18.5. The summed E-state index contributed by atoms with van der Waals surface area (Å²) in [6, 6.07) is 12.6. The molecule has 0 radical (unpaired) electrons. The van der Waals surface area contributed by atoms with Gasteiger partial charge in [0, 0.05) is 18.1 Å². The lowest BCUT2D eigenvalue weighted by Gasteiger charge is -2.18. The van der Waals surface area contributed by atoms with Crippen LogP contribution in [0.1, 0.15) is 27.0 Å². The third-order valence-electron chi connectivity index (χ3n) is 3.82. The van der Waals surface area contributed by atoms with Crippen LogP contribution < -0.4 is 5.32 Å². The molecule has 7 heteroatoms. The predicted octanol–water partition coefficient (Wildman–Crippen LogP) is 3.29. The van der Waals surface area contributed by atoms with Crippen molar-refractivity contribution in [3.8, 4) is 0 Å². The number of nitrogens with one attached hydrogen (secondary N) is 1. The molecule has 2 aromatic heterocycles. The molecule has 2 heterocycles. The summed E-state index contributed by atoms with van der Waals surface area (Å²) in [4.78, 5) is 25.2. The van der Waals surface area contributed by atoms with E-state index in [1.807, 2.05) is 17.5 Å². The highest BCUT2D eigenvalue weighted by atomic mass is 32.1. The SMILES string of the molecule is Cn1cccc1C(=O)OCC(=O)N[C@H](c1ccc(F)cc1)c1cccs1. The van der Waals surface area contributed by atoms with E-state index in [2.05, 4.69) is 5.32 Å². The molecule has 0 saturated carbocycles. The lowest BCUT2D eigenvalue weighted by molar-refractivity contribution is -0.124. The van der Waals surface area contributed by atoms with E-state index in [9.17, 15) is 14.0 Å². The number of benzene rings is 1. The van der Waals surface area contributed by atoms with E-state index >= 15 is 0 Å². The molecule has 0 saturated heterocycles. The lowest BCUT2D eigenvalue weighted by Crippen LogP contribution is -2.32. The Morgan fingerprint density at radius 3 is 2.58 bits per heavy atom. The van der Waals surface area contributed by atoms with Crippen molar-refractivity contribution in [3.63, 3.8) is 0 Å². The van der Waals surface area contributed by atoms with Gasteiger partial charge in [0.2, 0.25) is 0 Å². The first kappa shape index (κ1) is 17.9. The largest absolute Gasteiger partial charge is 0.451 e. The van der Waals surface area contributed by atoms with Gasteiger partial charge in [-0.1, -0.05) is 18.2 Å². The summed E-state index contributed by atoms with van der Waals surface area (Å²) in [5.41, 5.74) is 1.11. The fourth-order valence-electron chi connectivity index (χ4n) is 2.51. The maximum atomic E-state index is 13.2. The molecule has 0 fully saturated rings. The Hall–Kier alpha value is -2.93. The molecule has 5 nitrogen and oxygen atoms in total. The fourth-order valence-corrected chi connectivity index (χ4v) is 3.31. The second-order valence-corrected chi connectivity index (χ2v) is 6.63. The molecule has 3 rings (SSSR count). The number of carbonyl (C=O) groups is 2. The maximum Gasteiger partial charge on any atom is 0.355 e. The Kier molecular flexibility index (Phi) is 5.48. The van der Waals surface area contributed by atoms with E-state index in [4.69, 9.17) is 4.74 Å². The Morgan fingerprint density at radius 2 is 1.96 bits per heavy atom. The van der Waals surface area contributed by atoms with Crippen molar-refractivity contribution in [2.75, 3.05) is 6.61 Å². The Balaban J connectivity index is 1.67. The van der Waals surface area contributed by atoms with E-state index < -0.39 is 24.5 Å². The van der Waals surface area contributed by atoms with Gasteiger partial charge in [-0.15, -0.1) is 11.3 Å². The molecular weight excluding hydrogens is 355 g/mol. The number of amides is 1. The summed E-state index contributed by atoms with van der Waals surface area (Å²) in [5.74, 6) is -1.35. The number of nitrogens with zero attached hydrogens (tertiary/aromatic N) is 1. The second kappa shape index (κ2) is 7.97. The molecule has 134 valence electrons. The number of thiophene rings is 1. The zero-order valence-corrected chi connectivity index (χ0v) is 14.8. The molecule has 1 N–H and O–H groups in total. The molecule has 0 aliphatic heterocycles. The van der Waals surface area contributed by atoms with E-state index in [0.717, 1.165) is 10.4 Å². The third kappa shape index (κ3) is 4.18. The van der Waals surface area contributed by atoms with Crippen LogP contribution in [0.15, 0.2) is 60.1 Å². The Labute approximate surface area is 154 Å². The second-order valence-electron chi connectivity index (χ2n) is 5.65. The predicted molar refractivity (Wildman–Crippen MR) is 96.4 cm³/mol. The van der Waals surface area contributed by atoms with Crippen LogP contribution in [0.5, 0.6) is 0 Å². The summed E-state index contributed by atoms with van der Waals surface area (Å²) < 4.78 is 19.9. The molecule has 0 spiro atoms. The van der Waals surface area contributed by atoms with Gasteiger partial charge in [-0.2, -0.15) is 0 Å². The minimum atomic E-state index is -0.567. The van der Waals surface area contributed by atoms with Gasteiger partial charge in [-0.05, 0) is 41.3 Å². The first-order chi connectivity index (χ1) is 12.5. The normalized spacial score (nSPS) is 11.8. The van der Waals surface area contributed by atoms with Gasteiger partial charge >= 0.3 is 5.97 Å². The topological polar surface area (TPSA) is 60.3 Å². The number of carbonyl (C=O) groups excluding carboxylic acids is 2. The summed E-state index contributed by atoms with van der Waals surface area (Å²) in [7, 11) is 1.72. The van der Waals surface area contributed by atoms with Gasteiger partial charge in [0.25, 0.3) is 5.91 Å². The Bertz CT molecular complexity index is 888. The highest BCUT2D eigenvalue weighted by Gasteiger charge is 2.19. The molecule has 1 amide bonds. The minimum absolute atomic E-state index is 0.346. The molecule has 3 aromatic rings. The Morgan fingerprint density at radius 1 is 1.19 bits per heavy atom. The maximum absolute atomic E-state index is 13.2. The molecule has 0 aliphatic carbocycles. The van der Waals surface area contributed by atoms with E-state index in [1.54, 1.807) is 42.1 Å². The van der Waals surface area contributed by atoms with Crippen LogP contribution in [-0.2, 0) is 16.6 Å². The van der Waals surface area contributed by atoms with Crippen LogP contribution >= 0.6 is 11.3 Å². The number of aryl methyl sites for hydroxylation is 1. The number of aromatic nitrogens is 1. The van der Waals surface area contributed by atoms with Crippen LogP contribution in [0, 0.1) is 5.82 Å². The molecule has 0 aliphatic rings. The number of rotatable bonds is 6. The highest BCUT2D eigenvalue weighted by Crippen LogP contribution is 2.26. The van der Waals surface area contributed by atoms with Crippen LogP contribution in [0.2, 0.25) is 0 Å². The van der Waals surface area contributed by atoms with Gasteiger partial charge in [0.05, 0.1) is 6.04 Å². The van der Waals surface area contributed by atoms with Crippen molar-refractivity contribution < 1.29 is 18.7 Å². The quantitative estimate of drug-likeness (QED) is 0.676. The van der Waals surface area contributed by atoms with Gasteiger partial charge in [-0.25, -0.2) is 9.18 Å². The zero-order valence-electron chi connectivity index (χ0n) is 14.0. The van der Waals surface area contributed by atoms with Crippen molar-refractivity contribution in [2.24, 2.45) is 7.05 Å². The fraction of sp³-hybridized carbons (Fsp3) is 0.158. The van der Waals surface area contributed by atoms with Crippen LogP contribution in [0.25, 0.3) is 0 Å². The van der Waals surface area contributed by atoms with Crippen molar-refractivity contribution in [3.05, 3.63) is 82.1 Å². The van der Waals surface area contributed by atoms with Gasteiger partial charge in [0.15, 0.2) is 6.61 Å². The number of halogens is 1. The number of hydrogen-bond donors (Lipinski definition) is 1. The first-order valence-electron chi connectivity index (χ1n) is 7.91. The van der Waals surface area contributed by atoms with E-state index in [-0.39, 0.29) is 5.82 Å². The number of ether oxygens (including phenoxy) is 1. The van der Waals surface area contributed by atoms with Crippen LogP contribution in [0.4, 0.5) is 4.39 Å². The van der Waals surface area contributed by atoms with Crippen LogP contribution in [-0.4, -0.2) is 23.1 Å². The molecule has 0 bridgehead atoms. The summed E-state index contributed by atoms with van der Waals surface area (Å²) in [5, 5.41) is 4.73. The van der Waals surface area contributed by atoms with E-state index in [1.165, 1.54) is 23.5 Å². The van der Waals surface area contributed by atoms with Crippen LogP contribution in [0.3, 0.4) is 0 Å². The van der Waals surface area contributed by atoms with Crippen molar-refractivity contribution >= 4 is 23.2 Å². The average molecular weight is 372 g/mol. The summed E-state index contributed by atoms with van der Waals surface area (Å²) >= 11 is 1.48. The van der Waals surface area contributed by atoms with E-state index in [0.29, 0.717) is 5.69 Å². The third-order valence-corrected chi connectivity index (χ3v) is 4.76. The summed E-state index contributed by atoms with van der Waals surface area (Å²) in [6.07, 6.45) is 1.72. The van der Waals surface area contributed by atoms with Crippen molar-refractivity contribution in [1.82, 2.24) is 9.88 Å².